The zero-order valence-corrected chi connectivity index (χ0v) is 13.6. The molecule has 2 N–H and O–H groups in total. The number of likely N-dealkylation sites (N-methyl/N-ethyl adjacent to an activating group) is 1. The summed E-state index contributed by atoms with van der Waals surface area (Å²) in [6.07, 6.45) is 1.53. The zero-order chi connectivity index (χ0) is 17.5. The second-order valence-corrected chi connectivity index (χ2v) is 5.42. The number of benzene rings is 1. The van der Waals surface area contributed by atoms with Gasteiger partial charge in [0.1, 0.15) is 11.6 Å². The first kappa shape index (κ1) is 17.7. The summed E-state index contributed by atoms with van der Waals surface area (Å²) < 4.78 is 18.7. The molecule has 2 amide bonds. The summed E-state index contributed by atoms with van der Waals surface area (Å²) in [6.45, 7) is 1.97. The second-order valence-electron chi connectivity index (χ2n) is 5.42. The largest absolute Gasteiger partial charge is 0.467 e. The number of hydrogen-bond acceptors (Lipinski definition) is 4. The van der Waals surface area contributed by atoms with Crippen LogP contribution in [0.15, 0.2) is 47.1 Å². The molecule has 0 unspecified atom stereocenters. The van der Waals surface area contributed by atoms with Crippen LogP contribution in [0.4, 0.5) is 10.1 Å². The van der Waals surface area contributed by atoms with Crippen molar-refractivity contribution in [3.63, 3.8) is 0 Å². The Labute approximate surface area is 139 Å². The number of amides is 2. The van der Waals surface area contributed by atoms with Crippen molar-refractivity contribution in [2.24, 2.45) is 0 Å². The molecule has 0 spiro atoms. The van der Waals surface area contributed by atoms with Crippen LogP contribution in [0.1, 0.15) is 12.7 Å². The van der Waals surface area contributed by atoms with E-state index < -0.39 is 11.9 Å². The third-order valence-electron chi connectivity index (χ3n) is 3.61. The summed E-state index contributed by atoms with van der Waals surface area (Å²) in [7, 11) is 1.65. The van der Waals surface area contributed by atoms with Gasteiger partial charge in [-0.2, -0.15) is 0 Å². The predicted octanol–water partition coefficient (Wildman–Crippen LogP) is 1.99. The molecule has 24 heavy (non-hydrogen) atoms. The minimum atomic E-state index is -0.598. The summed E-state index contributed by atoms with van der Waals surface area (Å²) in [4.78, 5) is 25.6. The Morgan fingerprint density at radius 3 is 2.67 bits per heavy atom. The Morgan fingerprint density at radius 1 is 1.25 bits per heavy atom. The Balaban J connectivity index is 1.82. The quantitative estimate of drug-likeness (QED) is 0.813. The molecule has 0 aliphatic heterocycles. The van der Waals surface area contributed by atoms with Crippen LogP contribution in [0.25, 0.3) is 0 Å². The van der Waals surface area contributed by atoms with Gasteiger partial charge < -0.3 is 15.1 Å². The van der Waals surface area contributed by atoms with Gasteiger partial charge in [0.25, 0.3) is 0 Å². The smallest absolute Gasteiger partial charge is 0.241 e. The van der Waals surface area contributed by atoms with Crippen molar-refractivity contribution >= 4 is 17.5 Å². The molecule has 2 aromatic rings. The number of nitrogens with zero attached hydrogens (tertiary/aromatic N) is 1. The molecule has 0 aliphatic rings. The van der Waals surface area contributed by atoms with E-state index >= 15 is 0 Å². The standard InChI is InChI=1S/C17H20FN3O3/c1-12(17(23)20-15-8-4-3-7-14(15)18)21(2)11-16(22)19-10-13-6-5-9-24-13/h3-9,12H,10-11H2,1-2H3,(H,19,22)(H,20,23)/t12-/m1/s1. The maximum Gasteiger partial charge on any atom is 0.241 e. The zero-order valence-electron chi connectivity index (χ0n) is 13.6. The van der Waals surface area contributed by atoms with E-state index in [0.717, 1.165) is 0 Å². The molecule has 0 bridgehead atoms. The van der Waals surface area contributed by atoms with Gasteiger partial charge in [0.15, 0.2) is 0 Å². The molecule has 1 heterocycles. The second kappa shape index (κ2) is 8.26. The molecule has 2 rings (SSSR count). The molecule has 0 radical (unpaired) electrons. The lowest BCUT2D eigenvalue weighted by molar-refractivity contribution is -0.125. The first-order valence-electron chi connectivity index (χ1n) is 7.52. The molecule has 1 aromatic heterocycles. The van der Waals surface area contributed by atoms with E-state index in [2.05, 4.69) is 10.6 Å². The van der Waals surface area contributed by atoms with Crippen molar-refractivity contribution in [1.82, 2.24) is 10.2 Å². The van der Waals surface area contributed by atoms with Crippen LogP contribution in [0, 0.1) is 5.82 Å². The molecule has 1 atom stereocenters. The van der Waals surface area contributed by atoms with Gasteiger partial charge in [0.05, 0.1) is 31.1 Å². The molecule has 0 aliphatic carbocycles. The van der Waals surface area contributed by atoms with Gasteiger partial charge in [-0.3, -0.25) is 14.5 Å². The van der Waals surface area contributed by atoms with Crippen LogP contribution in [-0.2, 0) is 16.1 Å². The number of carbonyl (C=O) groups excluding carboxylic acids is 2. The highest BCUT2D eigenvalue weighted by molar-refractivity contribution is 5.95. The van der Waals surface area contributed by atoms with Crippen LogP contribution in [0.3, 0.4) is 0 Å². The van der Waals surface area contributed by atoms with Crippen molar-refractivity contribution in [2.45, 2.75) is 19.5 Å². The Kier molecular flexibility index (Phi) is 6.08. The number of nitrogens with one attached hydrogen (secondary N) is 2. The van der Waals surface area contributed by atoms with Crippen molar-refractivity contribution < 1.29 is 18.4 Å². The molecule has 128 valence electrons. The third-order valence-corrected chi connectivity index (χ3v) is 3.61. The molecule has 7 heteroatoms. The molecule has 1 aromatic carbocycles. The highest BCUT2D eigenvalue weighted by Crippen LogP contribution is 2.13. The van der Waals surface area contributed by atoms with Crippen LogP contribution >= 0.6 is 0 Å². The molecule has 0 saturated heterocycles. The van der Waals surface area contributed by atoms with Gasteiger partial charge in [-0.05, 0) is 38.2 Å². The highest BCUT2D eigenvalue weighted by atomic mass is 19.1. The highest BCUT2D eigenvalue weighted by Gasteiger charge is 2.21. The van der Waals surface area contributed by atoms with Crippen molar-refractivity contribution in [1.29, 1.82) is 0 Å². The molecular weight excluding hydrogens is 313 g/mol. The number of para-hydroxylation sites is 1. The van der Waals surface area contributed by atoms with E-state index in [1.54, 1.807) is 43.1 Å². The summed E-state index contributed by atoms with van der Waals surface area (Å²) in [5.74, 6) is -0.478. The number of anilines is 1. The van der Waals surface area contributed by atoms with Crippen LogP contribution in [0.5, 0.6) is 0 Å². The van der Waals surface area contributed by atoms with Gasteiger partial charge in [-0.25, -0.2) is 4.39 Å². The van der Waals surface area contributed by atoms with Gasteiger partial charge in [0.2, 0.25) is 11.8 Å². The van der Waals surface area contributed by atoms with Crippen LogP contribution in [0.2, 0.25) is 0 Å². The Bertz CT molecular complexity index is 688. The van der Waals surface area contributed by atoms with Gasteiger partial charge in [-0.15, -0.1) is 0 Å². The SMILES string of the molecule is C[C@H](C(=O)Nc1ccccc1F)N(C)CC(=O)NCc1ccco1. The summed E-state index contributed by atoms with van der Waals surface area (Å²) in [5, 5.41) is 5.22. The first-order chi connectivity index (χ1) is 11.5. The number of rotatable bonds is 7. The number of carbonyl (C=O) groups is 2. The van der Waals surface area contributed by atoms with Crippen molar-refractivity contribution in [3.8, 4) is 0 Å². The van der Waals surface area contributed by atoms with Crippen molar-refractivity contribution in [3.05, 3.63) is 54.2 Å². The molecular formula is C17H20FN3O3. The Morgan fingerprint density at radius 2 is 2.00 bits per heavy atom. The van der Waals surface area contributed by atoms with E-state index in [4.69, 9.17) is 4.42 Å². The van der Waals surface area contributed by atoms with Gasteiger partial charge in [0, 0.05) is 0 Å². The number of halogens is 1. The topological polar surface area (TPSA) is 74.6 Å². The van der Waals surface area contributed by atoms with E-state index in [1.807, 2.05) is 0 Å². The lowest BCUT2D eigenvalue weighted by Gasteiger charge is -2.23. The molecule has 6 nitrogen and oxygen atoms in total. The fraction of sp³-hybridized carbons (Fsp3) is 0.294. The molecule has 0 fully saturated rings. The van der Waals surface area contributed by atoms with Crippen molar-refractivity contribution in [2.75, 3.05) is 18.9 Å². The fourth-order valence-corrected chi connectivity index (χ4v) is 2.02. The maximum absolute atomic E-state index is 13.6. The normalized spacial score (nSPS) is 12.0. The number of hydrogen-bond donors (Lipinski definition) is 2. The Hall–Kier alpha value is -2.67. The van der Waals surface area contributed by atoms with Crippen LogP contribution in [-0.4, -0.2) is 36.3 Å². The summed E-state index contributed by atoms with van der Waals surface area (Å²) in [5.41, 5.74) is 0.116. The third kappa shape index (κ3) is 4.92. The predicted molar refractivity (Wildman–Crippen MR) is 87.7 cm³/mol. The lowest BCUT2D eigenvalue weighted by Crippen LogP contribution is -2.44. The van der Waals surface area contributed by atoms with E-state index in [1.165, 1.54) is 18.4 Å². The van der Waals surface area contributed by atoms with E-state index in [0.29, 0.717) is 5.76 Å². The molecule has 0 saturated carbocycles. The summed E-state index contributed by atoms with van der Waals surface area (Å²) >= 11 is 0. The fourth-order valence-electron chi connectivity index (χ4n) is 2.02. The van der Waals surface area contributed by atoms with E-state index in [9.17, 15) is 14.0 Å². The lowest BCUT2D eigenvalue weighted by atomic mass is 10.2. The van der Waals surface area contributed by atoms with E-state index in [-0.39, 0.29) is 30.6 Å². The maximum atomic E-state index is 13.6. The first-order valence-corrected chi connectivity index (χ1v) is 7.52. The summed E-state index contributed by atoms with van der Waals surface area (Å²) in [6, 6.07) is 8.83. The minimum absolute atomic E-state index is 0.0343. The van der Waals surface area contributed by atoms with Gasteiger partial charge >= 0.3 is 0 Å². The average Bonchev–Trinajstić information content (AvgIpc) is 3.07. The monoisotopic (exact) mass is 333 g/mol. The minimum Gasteiger partial charge on any atom is -0.467 e. The van der Waals surface area contributed by atoms with Gasteiger partial charge in [-0.1, -0.05) is 12.1 Å². The van der Waals surface area contributed by atoms with Crippen LogP contribution < -0.4 is 10.6 Å². The number of furan rings is 1. The average molecular weight is 333 g/mol.